The van der Waals surface area contributed by atoms with E-state index in [9.17, 15) is 4.79 Å². The third kappa shape index (κ3) is 35.7. The lowest BCUT2D eigenvalue weighted by atomic mass is 10.5. The summed E-state index contributed by atoms with van der Waals surface area (Å²) < 4.78 is 59.1. The van der Waals surface area contributed by atoms with Crippen LogP contribution < -0.4 is 0 Å². The number of hydrogen-bond donors (Lipinski definition) is 0. The number of ketones is 1. The largest absolute Gasteiger partial charge is 0.378 e. The zero-order valence-corrected chi connectivity index (χ0v) is 24.6. The van der Waals surface area contributed by atoms with Gasteiger partial charge in [0.1, 0.15) is 6.61 Å². The highest BCUT2D eigenvalue weighted by Gasteiger charge is 1.96. The van der Waals surface area contributed by atoms with E-state index in [1.54, 1.807) is 0 Å². The molecule has 228 valence electrons. The predicted octanol–water partition coefficient (Wildman–Crippen LogP) is 1.15. The van der Waals surface area contributed by atoms with Gasteiger partial charge in [-0.15, -0.1) is 0 Å². The molecular weight excluding hydrogens is 572 g/mol. The summed E-state index contributed by atoms with van der Waals surface area (Å²) in [6.07, 6.45) is 0. The van der Waals surface area contributed by atoms with Crippen molar-refractivity contribution in [2.45, 2.75) is 6.92 Å². The standard InChI is InChI=1S/C25H49BrO12/c1-25(27)24-38-23-22-37-21-20-36-19-18-35-17-16-34-15-14-33-13-12-32-11-10-31-9-8-30-7-6-29-5-4-28-3-2-26/h2-24H2,1H3. The quantitative estimate of drug-likeness (QED) is 0.0758. The molecule has 38 heavy (non-hydrogen) atoms. The van der Waals surface area contributed by atoms with Crippen LogP contribution >= 0.6 is 15.9 Å². The van der Waals surface area contributed by atoms with E-state index in [0.29, 0.717) is 139 Å². The van der Waals surface area contributed by atoms with Crippen molar-refractivity contribution in [3.63, 3.8) is 0 Å². The highest BCUT2D eigenvalue weighted by atomic mass is 79.9. The van der Waals surface area contributed by atoms with Crippen LogP contribution in [-0.2, 0) is 56.9 Å². The molecule has 0 aromatic carbocycles. The Morgan fingerprint density at radius 3 is 0.737 bits per heavy atom. The second-order valence-electron chi connectivity index (χ2n) is 7.57. The van der Waals surface area contributed by atoms with Crippen molar-refractivity contribution in [2.24, 2.45) is 0 Å². The number of ether oxygens (including phenoxy) is 11. The molecule has 0 N–H and O–H groups in total. The van der Waals surface area contributed by atoms with Gasteiger partial charge in [-0.3, -0.25) is 4.79 Å². The number of halogens is 1. The van der Waals surface area contributed by atoms with Crippen LogP contribution in [0.25, 0.3) is 0 Å². The van der Waals surface area contributed by atoms with Gasteiger partial charge < -0.3 is 52.1 Å². The third-order valence-corrected chi connectivity index (χ3v) is 4.57. The van der Waals surface area contributed by atoms with Crippen LogP contribution in [-0.4, -0.2) is 156 Å². The normalized spacial score (nSPS) is 11.4. The minimum Gasteiger partial charge on any atom is -0.378 e. The molecule has 0 rings (SSSR count). The summed E-state index contributed by atoms with van der Waals surface area (Å²) in [6.45, 7) is 12.5. The average Bonchev–Trinajstić information content (AvgIpc) is 2.91. The van der Waals surface area contributed by atoms with Gasteiger partial charge in [-0.05, 0) is 6.92 Å². The Labute approximate surface area is 236 Å². The summed E-state index contributed by atoms with van der Waals surface area (Å²) >= 11 is 3.29. The van der Waals surface area contributed by atoms with Crippen molar-refractivity contribution in [3.8, 4) is 0 Å². The van der Waals surface area contributed by atoms with Gasteiger partial charge in [0, 0.05) is 5.33 Å². The van der Waals surface area contributed by atoms with Gasteiger partial charge in [-0.25, -0.2) is 0 Å². The molecule has 0 unspecified atom stereocenters. The van der Waals surface area contributed by atoms with Gasteiger partial charge in [0.15, 0.2) is 5.78 Å². The molecule has 13 heteroatoms. The zero-order chi connectivity index (χ0) is 27.6. The van der Waals surface area contributed by atoms with E-state index in [4.69, 9.17) is 52.1 Å². The summed E-state index contributed by atoms with van der Waals surface area (Å²) in [5.74, 6) is 0.00573. The number of alkyl halides is 1. The molecule has 0 spiro atoms. The van der Waals surface area contributed by atoms with E-state index in [1.165, 1.54) is 6.92 Å². The lowest BCUT2D eigenvalue weighted by Crippen LogP contribution is -2.15. The van der Waals surface area contributed by atoms with Gasteiger partial charge >= 0.3 is 0 Å². The molecule has 12 nitrogen and oxygen atoms in total. The molecule has 0 aliphatic rings. The van der Waals surface area contributed by atoms with Crippen LogP contribution in [0.4, 0.5) is 0 Å². The van der Waals surface area contributed by atoms with Crippen molar-refractivity contribution in [3.05, 3.63) is 0 Å². The van der Waals surface area contributed by atoms with Gasteiger partial charge in [0.05, 0.1) is 139 Å². The van der Waals surface area contributed by atoms with Crippen LogP contribution in [0.5, 0.6) is 0 Å². The fraction of sp³-hybridized carbons (Fsp3) is 0.960. The molecule has 0 atom stereocenters. The Morgan fingerprint density at radius 1 is 0.368 bits per heavy atom. The van der Waals surface area contributed by atoms with Crippen molar-refractivity contribution in [2.75, 3.05) is 151 Å². The van der Waals surface area contributed by atoms with Gasteiger partial charge in [0.2, 0.25) is 0 Å². The maximum absolute atomic E-state index is 10.7. The summed E-state index contributed by atoms with van der Waals surface area (Å²) in [4.78, 5) is 10.7. The van der Waals surface area contributed by atoms with Crippen LogP contribution in [0, 0.1) is 0 Å². The number of hydrogen-bond acceptors (Lipinski definition) is 12. The molecule has 0 amide bonds. The monoisotopic (exact) mass is 620 g/mol. The van der Waals surface area contributed by atoms with E-state index in [1.807, 2.05) is 0 Å². The number of carbonyl (C=O) groups is 1. The molecule has 0 heterocycles. The molecule has 0 saturated heterocycles. The van der Waals surface area contributed by atoms with E-state index < -0.39 is 0 Å². The summed E-state index contributed by atoms with van der Waals surface area (Å²) in [7, 11) is 0. The third-order valence-electron chi connectivity index (χ3n) is 4.25. The molecule has 0 aliphatic carbocycles. The molecule has 0 aromatic heterocycles. The van der Waals surface area contributed by atoms with Crippen molar-refractivity contribution in [1.82, 2.24) is 0 Å². The fourth-order valence-corrected chi connectivity index (χ4v) is 2.70. The first-order valence-corrected chi connectivity index (χ1v) is 14.3. The second kappa shape index (κ2) is 34.7. The molecule has 0 aromatic rings. The van der Waals surface area contributed by atoms with Gasteiger partial charge in [-0.2, -0.15) is 0 Å². The minimum atomic E-state index is 0.00573. The Balaban J connectivity index is 3.02. The molecule has 0 fully saturated rings. The van der Waals surface area contributed by atoms with E-state index in [-0.39, 0.29) is 12.4 Å². The first kappa shape index (κ1) is 37.7. The predicted molar refractivity (Wildman–Crippen MR) is 143 cm³/mol. The first-order chi connectivity index (χ1) is 18.8. The maximum Gasteiger partial charge on any atom is 0.155 e. The Hall–Kier alpha value is -0.290. The summed E-state index contributed by atoms with van der Waals surface area (Å²) in [6, 6.07) is 0. The van der Waals surface area contributed by atoms with E-state index in [2.05, 4.69) is 15.9 Å². The Bertz CT molecular complexity index is 462. The van der Waals surface area contributed by atoms with Crippen LogP contribution in [0.2, 0.25) is 0 Å². The highest BCUT2D eigenvalue weighted by molar-refractivity contribution is 9.09. The molecule has 0 radical (unpaired) electrons. The molecular formula is C25H49BrO12. The SMILES string of the molecule is CC(=O)COCCOCCOCCOCCOCCOCCOCCOCCOCCOCCOCCBr. The fourth-order valence-electron chi connectivity index (χ4n) is 2.47. The Kier molecular flexibility index (Phi) is 34.5. The lowest BCUT2D eigenvalue weighted by Gasteiger charge is -2.09. The van der Waals surface area contributed by atoms with Crippen LogP contribution in [0.3, 0.4) is 0 Å². The molecule has 0 bridgehead atoms. The number of Topliss-reactive ketones (excluding diaryl/α,β-unsaturated/α-hetero) is 1. The van der Waals surface area contributed by atoms with Gasteiger partial charge in [-0.1, -0.05) is 15.9 Å². The number of rotatable bonds is 34. The topological polar surface area (TPSA) is 119 Å². The van der Waals surface area contributed by atoms with E-state index >= 15 is 0 Å². The molecule has 0 saturated carbocycles. The smallest absolute Gasteiger partial charge is 0.155 e. The second-order valence-corrected chi connectivity index (χ2v) is 8.36. The summed E-state index contributed by atoms with van der Waals surface area (Å²) in [5, 5.41) is 0.837. The van der Waals surface area contributed by atoms with E-state index in [0.717, 1.165) is 5.33 Å². The number of carbonyl (C=O) groups excluding carboxylic acids is 1. The average molecular weight is 622 g/mol. The van der Waals surface area contributed by atoms with Crippen LogP contribution in [0.15, 0.2) is 0 Å². The van der Waals surface area contributed by atoms with Crippen LogP contribution in [0.1, 0.15) is 6.92 Å². The van der Waals surface area contributed by atoms with Crippen molar-refractivity contribution >= 4 is 21.7 Å². The maximum atomic E-state index is 10.7. The Morgan fingerprint density at radius 2 is 0.553 bits per heavy atom. The lowest BCUT2D eigenvalue weighted by molar-refractivity contribution is -0.122. The van der Waals surface area contributed by atoms with Crippen molar-refractivity contribution in [1.29, 1.82) is 0 Å². The zero-order valence-electron chi connectivity index (χ0n) is 23.0. The minimum absolute atomic E-state index is 0.00573. The molecule has 0 aliphatic heterocycles. The van der Waals surface area contributed by atoms with Crippen molar-refractivity contribution < 1.29 is 56.9 Å². The van der Waals surface area contributed by atoms with Gasteiger partial charge in [0.25, 0.3) is 0 Å². The highest BCUT2D eigenvalue weighted by Crippen LogP contribution is 1.87. The summed E-state index contributed by atoms with van der Waals surface area (Å²) in [5.41, 5.74) is 0. The first-order valence-electron chi connectivity index (χ1n) is 13.2.